The molecule has 0 unspecified atom stereocenters. The summed E-state index contributed by atoms with van der Waals surface area (Å²) in [5.74, 6) is -0.255. The van der Waals surface area contributed by atoms with Gasteiger partial charge in [-0.05, 0) is 37.2 Å². The number of hydrogen-bond acceptors (Lipinski definition) is 4. The van der Waals surface area contributed by atoms with Gasteiger partial charge in [0.05, 0.1) is 4.90 Å². The van der Waals surface area contributed by atoms with Gasteiger partial charge in [-0.15, -0.1) is 0 Å². The second kappa shape index (κ2) is 6.48. The van der Waals surface area contributed by atoms with E-state index < -0.39 is 10.0 Å². The summed E-state index contributed by atoms with van der Waals surface area (Å²) in [6, 6.07) is 5.73. The lowest BCUT2D eigenvalue weighted by molar-refractivity contribution is 0.0963. The van der Waals surface area contributed by atoms with E-state index >= 15 is 0 Å². The molecule has 0 aliphatic carbocycles. The Balaban J connectivity index is 2.81. The highest BCUT2D eigenvalue weighted by Crippen LogP contribution is 2.10. The Morgan fingerprint density at radius 2 is 1.89 bits per heavy atom. The van der Waals surface area contributed by atoms with Crippen LogP contribution in [0.5, 0.6) is 0 Å². The molecule has 7 heteroatoms. The van der Waals surface area contributed by atoms with Crippen LogP contribution >= 0.6 is 0 Å². The molecule has 0 aromatic heterocycles. The van der Waals surface area contributed by atoms with E-state index in [4.69, 9.17) is 5.73 Å². The molecule has 0 saturated carbocycles. The van der Waals surface area contributed by atoms with Gasteiger partial charge in [-0.1, -0.05) is 0 Å². The zero-order valence-electron chi connectivity index (χ0n) is 10.1. The third-order valence-corrected chi connectivity index (χ3v) is 3.80. The summed E-state index contributed by atoms with van der Waals surface area (Å²) < 4.78 is 26.0. The van der Waals surface area contributed by atoms with E-state index in [1.165, 1.54) is 31.3 Å². The van der Waals surface area contributed by atoms with Gasteiger partial charge in [-0.25, -0.2) is 13.1 Å². The Bertz CT molecular complexity index is 497. The minimum Gasteiger partial charge on any atom is -0.355 e. The van der Waals surface area contributed by atoms with Crippen LogP contribution in [0.2, 0.25) is 0 Å². The molecule has 1 rings (SSSR count). The van der Waals surface area contributed by atoms with E-state index in [9.17, 15) is 13.2 Å². The smallest absolute Gasteiger partial charge is 0.251 e. The summed E-state index contributed by atoms with van der Waals surface area (Å²) >= 11 is 0. The standard InChI is InChI=1S/C11H17N3O3S/c1-13-11(15)9-3-5-10(6-4-9)18(16,17)14-8-2-7-12/h3-6,14H,2,7-8,12H2,1H3,(H,13,15). The van der Waals surface area contributed by atoms with Crippen LogP contribution in [-0.2, 0) is 10.0 Å². The zero-order chi connectivity index (χ0) is 13.6. The number of amides is 1. The average molecular weight is 271 g/mol. The van der Waals surface area contributed by atoms with Crippen LogP contribution in [-0.4, -0.2) is 34.5 Å². The molecular formula is C11H17N3O3S. The molecule has 0 heterocycles. The first kappa shape index (κ1) is 14.6. The van der Waals surface area contributed by atoms with Crippen molar-refractivity contribution in [2.75, 3.05) is 20.1 Å². The van der Waals surface area contributed by atoms with Crippen LogP contribution < -0.4 is 15.8 Å². The predicted octanol–water partition coefficient (Wildman–Crippen LogP) is -0.327. The van der Waals surface area contributed by atoms with Crippen molar-refractivity contribution in [3.63, 3.8) is 0 Å². The zero-order valence-corrected chi connectivity index (χ0v) is 11.0. The minimum atomic E-state index is -3.52. The molecular weight excluding hydrogens is 254 g/mol. The fraction of sp³-hybridized carbons (Fsp3) is 0.364. The number of rotatable bonds is 6. The lowest BCUT2D eigenvalue weighted by atomic mass is 10.2. The maximum atomic E-state index is 11.8. The van der Waals surface area contributed by atoms with Crippen molar-refractivity contribution >= 4 is 15.9 Å². The number of hydrogen-bond donors (Lipinski definition) is 3. The summed E-state index contributed by atoms with van der Waals surface area (Å²) in [5.41, 5.74) is 5.70. The van der Waals surface area contributed by atoms with Gasteiger partial charge < -0.3 is 11.1 Å². The molecule has 0 radical (unpaired) electrons. The van der Waals surface area contributed by atoms with E-state index in [0.29, 0.717) is 25.1 Å². The van der Waals surface area contributed by atoms with E-state index in [0.717, 1.165) is 0 Å². The molecule has 1 amide bonds. The summed E-state index contributed by atoms with van der Waals surface area (Å²) in [5, 5.41) is 2.46. The topological polar surface area (TPSA) is 101 Å². The van der Waals surface area contributed by atoms with Crippen molar-refractivity contribution in [3.05, 3.63) is 29.8 Å². The largest absolute Gasteiger partial charge is 0.355 e. The van der Waals surface area contributed by atoms with Gasteiger partial charge >= 0.3 is 0 Å². The van der Waals surface area contributed by atoms with E-state index in [-0.39, 0.29) is 10.8 Å². The van der Waals surface area contributed by atoms with Crippen LogP contribution in [0.4, 0.5) is 0 Å². The maximum Gasteiger partial charge on any atom is 0.251 e. The first-order valence-electron chi connectivity index (χ1n) is 5.53. The molecule has 0 aliphatic rings. The van der Waals surface area contributed by atoms with Gasteiger partial charge in [0.15, 0.2) is 0 Å². The van der Waals surface area contributed by atoms with Gasteiger partial charge in [-0.3, -0.25) is 4.79 Å². The Hall–Kier alpha value is -1.44. The summed E-state index contributed by atoms with van der Waals surface area (Å²) in [7, 11) is -2.00. The monoisotopic (exact) mass is 271 g/mol. The molecule has 0 atom stereocenters. The minimum absolute atomic E-state index is 0.132. The van der Waals surface area contributed by atoms with Gasteiger partial charge in [0.25, 0.3) is 5.91 Å². The highest BCUT2D eigenvalue weighted by atomic mass is 32.2. The van der Waals surface area contributed by atoms with Crippen LogP contribution in [0.3, 0.4) is 0 Å². The molecule has 18 heavy (non-hydrogen) atoms. The van der Waals surface area contributed by atoms with Crippen LogP contribution in [0.25, 0.3) is 0 Å². The summed E-state index contributed by atoms with van der Waals surface area (Å²) in [6.07, 6.45) is 0.579. The highest BCUT2D eigenvalue weighted by molar-refractivity contribution is 7.89. The molecule has 100 valence electrons. The van der Waals surface area contributed by atoms with Crippen LogP contribution in [0.1, 0.15) is 16.8 Å². The summed E-state index contributed by atoms with van der Waals surface area (Å²) in [6.45, 7) is 0.730. The fourth-order valence-electron chi connectivity index (χ4n) is 1.32. The molecule has 0 bridgehead atoms. The first-order chi connectivity index (χ1) is 8.51. The molecule has 0 aliphatic heterocycles. The third-order valence-electron chi connectivity index (χ3n) is 2.33. The number of nitrogens with two attached hydrogens (primary N) is 1. The number of sulfonamides is 1. The van der Waals surface area contributed by atoms with Gasteiger partial charge in [0, 0.05) is 19.2 Å². The van der Waals surface area contributed by atoms with Crippen molar-refractivity contribution in [2.24, 2.45) is 5.73 Å². The SMILES string of the molecule is CNC(=O)c1ccc(S(=O)(=O)NCCCN)cc1. The number of benzene rings is 1. The first-order valence-corrected chi connectivity index (χ1v) is 7.01. The molecule has 0 saturated heterocycles. The predicted molar refractivity (Wildman–Crippen MR) is 68.7 cm³/mol. The second-order valence-electron chi connectivity index (χ2n) is 3.64. The summed E-state index contributed by atoms with van der Waals surface area (Å²) in [4.78, 5) is 11.4. The van der Waals surface area contributed by atoms with E-state index in [2.05, 4.69) is 10.0 Å². The Morgan fingerprint density at radius 1 is 1.28 bits per heavy atom. The number of carbonyl (C=O) groups excluding carboxylic acids is 1. The van der Waals surface area contributed by atoms with Crippen molar-refractivity contribution in [1.29, 1.82) is 0 Å². The van der Waals surface area contributed by atoms with Crippen LogP contribution in [0.15, 0.2) is 29.2 Å². The van der Waals surface area contributed by atoms with E-state index in [1.807, 2.05) is 0 Å². The normalized spacial score (nSPS) is 11.2. The molecule has 0 spiro atoms. The Morgan fingerprint density at radius 3 is 2.39 bits per heavy atom. The molecule has 4 N–H and O–H groups in total. The lowest BCUT2D eigenvalue weighted by Gasteiger charge is -2.06. The second-order valence-corrected chi connectivity index (χ2v) is 5.41. The van der Waals surface area contributed by atoms with Gasteiger partial charge in [0.2, 0.25) is 10.0 Å². The number of nitrogens with one attached hydrogen (secondary N) is 2. The molecule has 1 aromatic rings. The van der Waals surface area contributed by atoms with Crippen molar-refractivity contribution in [2.45, 2.75) is 11.3 Å². The van der Waals surface area contributed by atoms with Crippen molar-refractivity contribution in [1.82, 2.24) is 10.0 Å². The quantitative estimate of drug-likeness (QED) is 0.617. The number of carbonyl (C=O) groups is 1. The third kappa shape index (κ3) is 3.80. The maximum absolute atomic E-state index is 11.8. The fourth-order valence-corrected chi connectivity index (χ4v) is 2.40. The molecule has 1 aromatic carbocycles. The highest BCUT2D eigenvalue weighted by Gasteiger charge is 2.13. The van der Waals surface area contributed by atoms with Crippen molar-refractivity contribution in [3.8, 4) is 0 Å². The lowest BCUT2D eigenvalue weighted by Crippen LogP contribution is -2.26. The molecule has 6 nitrogen and oxygen atoms in total. The van der Waals surface area contributed by atoms with Gasteiger partial charge in [-0.2, -0.15) is 0 Å². The average Bonchev–Trinajstić information content (AvgIpc) is 2.38. The Labute approximate surface area is 107 Å². The van der Waals surface area contributed by atoms with E-state index in [1.54, 1.807) is 0 Å². The molecule has 0 fully saturated rings. The Kier molecular flexibility index (Phi) is 5.26. The van der Waals surface area contributed by atoms with Gasteiger partial charge in [0.1, 0.15) is 0 Å². The van der Waals surface area contributed by atoms with Crippen LogP contribution in [0, 0.1) is 0 Å². The van der Waals surface area contributed by atoms with Crippen molar-refractivity contribution < 1.29 is 13.2 Å².